The first-order chi connectivity index (χ1) is 19.9. The molecule has 2 aliphatic rings. The first kappa shape index (κ1) is 27.7. The second kappa shape index (κ2) is 11.8. The Labute approximate surface area is 243 Å². The molecule has 1 saturated heterocycles. The molecular weight excluding hydrogens is 536 g/mol. The van der Waals surface area contributed by atoms with Crippen LogP contribution in [0.3, 0.4) is 0 Å². The van der Waals surface area contributed by atoms with Crippen molar-refractivity contribution in [2.75, 3.05) is 31.6 Å². The van der Waals surface area contributed by atoms with E-state index in [0.29, 0.717) is 18.6 Å². The quantitative estimate of drug-likeness (QED) is 0.186. The number of H-pyrrole nitrogens is 1. The zero-order chi connectivity index (χ0) is 28.4. The predicted molar refractivity (Wildman–Crippen MR) is 160 cm³/mol. The molecule has 1 amide bonds. The summed E-state index contributed by atoms with van der Waals surface area (Å²) in [6, 6.07) is 10.0. The van der Waals surface area contributed by atoms with E-state index in [-0.39, 0.29) is 35.0 Å². The summed E-state index contributed by atoms with van der Waals surface area (Å²) in [7, 11) is 2.15. The SMILES string of the molecule is Cc1ccc2cc(-c3cnc([C@H](CSCCCC(=O)c4ncco4)NC(=O)C4CC45CCN(C)CC5)[nH]3)ccc2n1. The molecule has 4 heterocycles. The van der Waals surface area contributed by atoms with Gasteiger partial charge >= 0.3 is 0 Å². The van der Waals surface area contributed by atoms with E-state index < -0.39 is 0 Å². The number of carbonyl (C=O) groups excluding carboxylic acids is 2. The highest BCUT2D eigenvalue weighted by atomic mass is 32.2. The molecule has 1 aliphatic carbocycles. The first-order valence-electron chi connectivity index (χ1n) is 14.3. The van der Waals surface area contributed by atoms with E-state index in [1.807, 2.05) is 31.3 Å². The van der Waals surface area contributed by atoms with E-state index in [1.54, 1.807) is 11.8 Å². The highest BCUT2D eigenvalue weighted by Crippen LogP contribution is 2.59. The van der Waals surface area contributed by atoms with Gasteiger partial charge in [0.25, 0.3) is 5.89 Å². The number of aromatic nitrogens is 4. The van der Waals surface area contributed by atoms with Gasteiger partial charge in [-0.2, -0.15) is 11.8 Å². The highest BCUT2D eigenvalue weighted by molar-refractivity contribution is 7.99. The Hall–Kier alpha value is -3.50. The average Bonchev–Trinajstić information content (AvgIpc) is 3.33. The third kappa shape index (κ3) is 6.23. The van der Waals surface area contributed by atoms with Crippen LogP contribution in [0.25, 0.3) is 22.2 Å². The zero-order valence-electron chi connectivity index (χ0n) is 23.6. The molecule has 2 N–H and O–H groups in total. The largest absolute Gasteiger partial charge is 0.442 e. The number of aryl methyl sites for hydroxylation is 1. The van der Waals surface area contributed by atoms with Crippen LogP contribution in [0.2, 0.25) is 0 Å². The number of nitrogens with zero attached hydrogens (tertiary/aromatic N) is 4. The lowest BCUT2D eigenvalue weighted by Gasteiger charge is -2.30. The molecule has 1 spiro atoms. The zero-order valence-corrected chi connectivity index (χ0v) is 24.4. The second-order valence-corrected chi connectivity index (χ2v) is 12.6. The molecule has 214 valence electrons. The molecule has 1 aliphatic heterocycles. The Balaban J connectivity index is 1.13. The number of piperidine rings is 1. The number of ketones is 1. The Morgan fingerprint density at radius 3 is 2.88 bits per heavy atom. The van der Waals surface area contributed by atoms with Crippen molar-refractivity contribution in [1.82, 2.24) is 30.2 Å². The number of amides is 1. The average molecular weight is 573 g/mol. The van der Waals surface area contributed by atoms with Crippen LogP contribution >= 0.6 is 11.8 Å². The number of likely N-dealkylation sites (tertiary alicyclic amines) is 1. The summed E-state index contributed by atoms with van der Waals surface area (Å²) < 4.78 is 5.11. The number of benzene rings is 1. The Morgan fingerprint density at radius 1 is 1.22 bits per heavy atom. The minimum Gasteiger partial charge on any atom is -0.442 e. The first-order valence-corrected chi connectivity index (χ1v) is 15.5. The van der Waals surface area contributed by atoms with E-state index in [0.717, 1.165) is 71.8 Å². The number of fused-ring (bicyclic) bond motifs is 1. The van der Waals surface area contributed by atoms with Crippen molar-refractivity contribution in [2.45, 2.75) is 45.1 Å². The van der Waals surface area contributed by atoms with Crippen LogP contribution in [0.4, 0.5) is 0 Å². The van der Waals surface area contributed by atoms with Crippen molar-refractivity contribution >= 4 is 34.4 Å². The molecule has 9 nitrogen and oxygen atoms in total. The molecule has 1 unspecified atom stereocenters. The van der Waals surface area contributed by atoms with E-state index in [9.17, 15) is 9.59 Å². The number of imidazole rings is 1. The lowest BCUT2D eigenvalue weighted by molar-refractivity contribution is -0.124. The number of thioether (sulfide) groups is 1. The van der Waals surface area contributed by atoms with Crippen LogP contribution < -0.4 is 5.32 Å². The molecule has 10 heteroatoms. The molecular formula is C31H36N6O3S. The summed E-state index contributed by atoms with van der Waals surface area (Å²) in [6.45, 7) is 4.10. The lowest BCUT2D eigenvalue weighted by Crippen LogP contribution is -2.37. The van der Waals surface area contributed by atoms with Crippen LogP contribution in [0.1, 0.15) is 60.3 Å². The van der Waals surface area contributed by atoms with Gasteiger partial charge in [-0.15, -0.1) is 0 Å². The molecule has 41 heavy (non-hydrogen) atoms. The van der Waals surface area contributed by atoms with Gasteiger partial charge in [-0.3, -0.25) is 14.6 Å². The van der Waals surface area contributed by atoms with Gasteiger partial charge in [0.1, 0.15) is 12.1 Å². The summed E-state index contributed by atoms with van der Waals surface area (Å²) in [6.07, 6.45) is 8.97. The fourth-order valence-electron chi connectivity index (χ4n) is 5.86. The normalized spacial score (nSPS) is 18.9. The number of carbonyl (C=O) groups is 2. The van der Waals surface area contributed by atoms with Crippen molar-refractivity contribution in [1.29, 1.82) is 0 Å². The van der Waals surface area contributed by atoms with Crippen LogP contribution in [0.5, 0.6) is 0 Å². The van der Waals surface area contributed by atoms with Gasteiger partial charge in [0.2, 0.25) is 11.7 Å². The van der Waals surface area contributed by atoms with Gasteiger partial charge in [-0.05, 0) is 82.1 Å². The summed E-state index contributed by atoms with van der Waals surface area (Å²) in [5.41, 5.74) is 4.05. The summed E-state index contributed by atoms with van der Waals surface area (Å²) in [4.78, 5) is 44.8. The highest BCUT2D eigenvalue weighted by Gasteiger charge is 2.58. The molecule has 1 aromatic carbocycles. The maximum atomic E-state index is 13.5. The Bertz CT molecular complexity index is 1530. The molecule has 6 rings (SSSR count). The van der Waals surface area contributed by atoms with E-state index in [4.69, 9.17) is 9.40 Å². The number of pyridine rings is 1. The van der Waals surface area contributed by atoms with Gasteiger partial charge in [0, 0.05) is 34.7 Å². The summed E-state index contributed by atoms with van der Waals surface area (Å²) >= 11 is 1.71. The van der Waals surface area contributed by atoms with Gasteiger partial charge < -0.3 is 19.6 Å². The van der Waals surface area contributed by atoms with Crippen LogP contribution in [0.15, 0.2) is 53.4 Å². The van der Waals surface area contributed by atoms with Crippen LogP contribution in [0, 0.1) is 18.3 Å². The number of rotatable bonds is 11. The fraction of sp³-hybridized carbons (Fsp3) is 0.452. The molecule has 3 aromatic heterocycles. The van der Waals surface area contributed by atoms with Crippen molar-refractivity contribution in [2.24, 2.45) is 11.3 Å². The monoisotopic (exact) mass is 572 g/mol. The van der Waals surface area contributed by atoms with Crippen molar-refractivity contribution < 1.29 is 14.0 Å². The van der Waals surface area contributed by atoms with Crippen LogP contribution in [-0.4, -0.2) is 68.2 Å². The third-order valence-electron chi connectivity index (χ3n) is 8.52. The van der Waals surface area contributed by atoms with Crippen molar-refractivity contribution in [3.63, 3.8) is 0 Å². The smallest absolute Gasteiger partial charge is 0.263 e. The van der Waals surface area contributed by atoms with Gasteiger partial charge in [-0.25, -0.2) is 9.97 Å². The molecule has 1 saturated carbocycles. The molecule has 2 atom stereocenters. The van der Waals surface area contributed by atoms with Crippen molar-refractivity contribution in [3.8, 4) is 11.3 Å². The minimum absolute atomic E-state index is 0.0768. The maximum absolute atomic E-state index is 13.5. The number of oxazole rings is 1. The van der Waals surface area contributed by atoms with Crippen molar-refractivity contribution in [3.05, 3.63) is 66.4 Å². The van der Waals surface area contributed by atoms with E-state index in [1.165, 1.54) is 12.5 Å². The number of hydrogen-bond acceptors (Lipinski definition) is 8. The summed E-state index contributed by atoms with van der Waals surface area (Å²) in [5, 5.41) is 4.40. The Kier molecular flexibility index (Phi) is 7.94. The molecule has 2 fully saturated rings. The fourth-order valence-corrected chi connectivity index (χ4v) is 6.85. The number of aromatic amines is 1. The maximum Gasteiger partial charge on any atom is 0.263 e. The standard InChI is InChI=1S/C31H36N6O3S/c1-20-5-6-21-16-22(7-8-24(21)34-20)25-18-33-28(35-25)26(19-41-15-3-4-27(38)30-32-11-14-40-30)36-29(39)23-17-31(23)9-12-37(2)13-10-31/h5-8,11,14,16,18,23,26H,3-4,9-10,12-13,15,17,19H2,1-2H3,(H,33,35)(H,36,39)/t23?,26-/m0/s1. The van der Waals surface area contributed by atoms with E-state index >= 15 is 0 Å². The molecule has 4 aromatic rings. The third-order valence-corrected chi connectivity index (χ3v) is 9.66. The van der Waals surface area contributed by atoms with Gasteiger partial charge in [-0.1, -0.05) is 12.1 Å². The van der Waals surface area contributed by atoms with Crippen LogP contribution in [-0.2, 0) is 4.79 Å². The minimum atomic E-state index is -0.252. The number of Topliss-reactive ketones (excluding diaryl/α,β-unsaturated/α-hetero) is 1. The molecule has 0 bridgehead atoms. The Morgan fingerprint density at radius 2 is 2.07 bits per heavy atom. The molecule has 0 radical (unpaired) electrons. The number of hydrogen-bond donors (Lipinski definition) is 2. The predicted octanol–water partition coefficient (Wildman–Crippen LogP) is 5.21. The summed E-state index contributed by atoms with van der Waals surface area (Å²) in [5.74, 6) is 2.47. The van der Waals surface area contributed by atoms with Gasteiger partial charge in [0.05, 0.1) is 29.6 Å². The topological polar surface area (TPSA) is 117 Å². The lowest BCUT2D eigenvalue weighted by atomic mass is 9.91. The number of nitrogens with one attached hydrogen (secondary N) is 2. The van der Waals surface area contributed by atoms with Gasteiger partial charge in [0.15, 0.2) is 0 Å². The second-order valence-electron chi connectivity index (χ2n) is 11.5. The van der Waals surface area contributed by atoms with E-state index in [2.05, 4.69) is 44.3 Å².